The van der Waals surface area contributed by atoms with Gasteiger partial charge in [-0.25, -0.2) is 0 Å². The minimum absolute atomic E-state index is 0.00638. The van der Waals surface area contributed by atoms with Gasteiger partial charge in [0.2, 0.25) is 0 Å². The van der Waals surface area contributed by atoms with Crippen LogP contribution in [-0.4, -0.2) is 17.7 Å². The number of aryl methyl sites for hydroxylation is 1. The Morgan fingerprint density at radius 2 is 1.95 bits per heavy atom. The lowest BCUT2D eigenvalue weighted by Crippen LogP contribution is -2.21. The molecule has 0 bridgehead atoms. The van der Waals surface area contributed by atoms with Crippen LogP contribution in [0.25, 0.3) is 0 Å². The van der Waals surface area contributed by atoms with Crippen LogP contribution in [0.5, 0.6) is 5.75 Å². The molecule has 0 amide bonds. The quantitative estimate of drug-likeness (QED) is 0.871. The van der Waals surface area contributed by atoms with Crippen molar-refractivity contribution in [2.45, 2.75) is 19.9 Å². The minimum Gasteiger partial charge on any atom is -0.492 e. The molecule has 0 aliphatic carbocycles. The summed E-state index contributed by atoms with van der Waals surface area (Å²) in [6.45, 7) is 3.57. The van der Waals surface area contributed by atoms with Gasteiger partial charge in [-0.2, -0.15) is 0 Å². The van der Waals surface area contributed by atoms with Gasteiger partial charge in [-0.3, -0.25) is 4.79 Å². The first-order valence-electron chi connectivity index (χ1n) is 6.78. The normalized spacial score (nSPS) is 10.5. The first kappa shape index (κ1) is 14.3. The highest BCUT2D eigenvalue weighted by molar-refractivity contribution is 5.27. The Bertz CT molecular complexity index is 603. The van der Waals surface area contributed by atoms with Gasteiger partial charge in [0, 0.05) is 12.3 Å². The van der Waals surface area contributed by atoms with E-state index < -0.39 is 0 Å². The molecule has 2 rings (SSSR count). The maximum atomic E-state index is 11.7. The van der Waals surface area contributed by atoms with E-state index in [1.807, 2.05) is 37.3 Å². The summed E-state index contributed by atoms with van der Waals surface area (Å²) in [6.07, 6.45) is 2.67. The largest absolute Gasteiger partial charge is 0.492 e. The molecular formula is C16H20N2O2. The van der Waals surface area contributed by atoms with E-state index in [2.05, 4.69) is 0 Å². The van der Waals surface area contributed by atoms with Crippen molar-refractivity contribution >= 4 is 0 Å². The van der Waals surface area contributed by atoms with E-state index in [9.17, 15) is 4.79 Å². The summed E-state index contributed by atoms with van der Waals surface area (Å²) in [4.78, 5) is 11.7. The van der Waals surface area contributed by atoms with E-state index >= 15 is 0 Å². The first-order chi connectivity index (χ1) is 9.69. The van der Waals surface area contributed by atoms with Crippen molar-refractivity contribution in [3.63, 3.8) is 0 Å². The number of hydrogen-bond donors (Lipinski definition) is 1. The molecule has 1 heterocycles. The van der Waals surface area contributed by atoms with Crippen molar-refractivity contribution < 1.29 is 4.74 Å². The molecule has 20 heavy (non-hydrogen) atoms. The summed E-state index contributed by atoms with van der Waals surface area (Å²) >= 11 is 0. The Morgan fingerprint density at radius 1 is 1.20 bits per heavy atom. The number of rotatable bonds is 6. The maximum absolute atomic E-state index is 11.7. The molecule has 0 fully saturated rings. The van der Waals surface area contributed by atoms with E-state index in [1.165, 1.54) is 5.56 Å². The molecule has 1 aromatic heterocycles. The van der Waals surface area contributed by atoms with Crippen molar-refractivity contribution in [3.8, 4) is 5.75 Å². The van der Waals surface area contributed by atoms with Crippen molar-refractivity contribution in [2.24, 2.45) is 5.73 Å². The third-order valence-corrected chi connectivity index (χ3v) is 3.11. The summed E-state index contributed by atoms with van der Waals surface area (Å²) in [5.74, 6) is 0.811. The van der Waals surface area contributed by atoms with E-state index in [4.69, 9.17) is 10.5 Å². The zero-order valence-electron chi connectivity index (χ0n) is 11.7. The maximum Gasteiger partial charge on any atom is 0.250 e. The predicted octanol–water partition coefficient (Wildman–Crippen LogP) is 1.74. The lowest BCUT2D eigenvalue weighted by atomic mass is 10.1. The number of aromatic nitrogens is 1. The van der Waals surface area contributed by atoms with E-state index in [0.29, 0.717) is 19.7 Å². The van der Waals surface area contributed by atoms with Crippen molar-refractivity contribution in [2.75, 3.05) is 13.2 Å². The Balaban J connectivity index is 1.87. The summed E-state index contributed by atoms with van der Waals surface area (Å²) in [5, 5.41) is 0. The van der Waals surface area contributed by atoms with Crippen LogP contribution in [0.1, 0.15) is 11.1 Å². The highest BCUT2D eigenvalue weighted by atomic mass is 16.5. The van der Waals surface area contributed by atoms with Gasteiger partial charge in [0.15, 0.2) is 0 Å². The average molecular weight is 272 g/mol. The van der Waals surface area contributed by atoms with Crippen LogP contribution in [0.3, 0.4) is 0 Å². The first-order valence-corrected chi connectivity index (χ1v) is 6.78. The van der Waals surface area contributed by atoms with Crippen molar-refractivity contribution in [1.29, 1.82) is 0 Å². The topological polar surface area (TPSA) is 57.2 Å². The van der Waals surface area contributed by atoms with Crippen molar-refractivity contribution in [3.05, 3.63) is 64.1 Å². The van der Waals surface area contributed by atoms with Crippen LogP contribution >= 0.6 is 0 Å². The van der Waals surface area contributed by atoms with E-state index in [-0.39, 0.29) is 5.56 Å². The van der Waals surface area contributed by atoms with Crippen LogP contribution < -0.4 is 16.0 Å². The molecule has 0 spiro atoms. The summed E-state index contributed by atoms with van der Waals surface area (Å²) in [7, 11) is 0. The number of nitrogens with two attached hydrogens (primary N) is 1. The zero-order valence-corrected chi connectivity index (χ0v) is 11.7. The van der Waals surface area contributed by atoms with Crippen LogP contribution in [-0.2, 0) is 13.0 Å². The van der Waals surface area contributed by atoms with Crippen LogP contribution in [0.4, 0.5) is 0 Å². The van der Waals surface area contributed by atoms with E-state index in [0.717, 1.165) is 17.7 Å². The fourth-order valence-electron chi connectivity index (χ4n) is 1.97. The molecule has 4 heteroatoms. The van der Waals surface area contributed by atoms with Gasteiger partial charge in [-0.15, -0.1) is 0 Å². The number of ether oxygens (including phenoxy) is 1. The SMILES string of the molecule is Cc1ccn(CCOc2ccc(CCN)cc2)c(=O)c1. The zero-order chi connectivity index (χ0) is 14.4. The van der Waals surface area contributed by atoms with Gasteiger partial charge >= 0.3 is 0 Å². The Labute approximate surface area is 118 Å². The van der Waals surface area contributed by atoms with Crippen LogP contribution in [0.15, 0.2) is 47.4 Å². The summed E-state index contributed by atoms with van der Waals surface area (Å²) < 4.78 is 7.29. The third-order valence-electron chi connectivity index (χ3n) is 3.11. The molecule has 0 aliphatic heterocycles. The van der Waals surface area contributed by atoms with Crippen molar-refractivity contribution in [1.82, 2.24) is 4.57 Å². The molecule has 2 aromatic rings. The molecule has 2 N–H and O–H groups in total. The molecule has 0 radical (unpaired) electrons. The summed E-state index contributed by atoms with van der Waals surface area (Å²) in [5.41, 5.74) is 7.69. The molecule has 0 aliphatic rings. The van der Waals surface area contributed by atoms with Gasteiger partial charge in [-0.1, -0.05) is 12.1 Å². The number of nitrogens with zero attached hydrogens (tertiary/aromatic N) is 1. The number of benzene rings is 1. The molecule has 0 unspecified atom stereocenters. The van der Waals surface area contributed by atoms with E-state index in [1.54, 1.807) is 16.8 Å². The van der Waals surface area contributed by atoms with Gasteiger partial charge in [0.1, 0.15) is 12.4 Å². The number of hydrogen-bond acceptors (Lipinski definition) is 3. The summed E-state index contributed by atoms with van der Waals surface area (Å²) in [6, 6.07) is 11.4. The molecule has 106 valence electrons. The average Bonchev–Trinajstić information content (AvgIpc) is 2.43. The predicted molar refractivity (Wildman–Crippen MR) is 80.1 cm³/mol. The highest BCUT2D eigenvalue weighted by Gasteiger charge is 1.98. The Hall–Kier alpha value is -2.07. The lowest BCUT2D eigenvalue weighted by molar-refractivity contribution is 0.296. The molecule has 0 atom stereocenters. The smallest absolute Gasteiger partial charge is 0.250 e. The fraction of sp³-hybridized carbons (Fsp3) is 0.312. The lowest BCUT2D eigenvalue weighted by Gasteiger charge is -2.09. The minimum atomic E-state index is 0.00638. The number of pyridine rings is 1. The van der Waals surface area contributed by atoms with Gasteiger partial charge in [0.25, 0.3) is 5.56 Å². The highest BCUT2D eigenvalue weighted by Crippen LogP contribution is 2.12. The Kier molecular flexibility index (Phi) is 4.96. The second kappa shape index (κ2) is 6.91. The molecule has 4 nitrogen and oxygen atoms in total. The van der Waals surface area contributed by atoms with Crippen LogP contribution in [0, 0.1) is 6.92 Å². The Morgan fingerprint density at radius 3 is 2.60 bits per heavy atom. The molecule has 0 saturated carbocycles. The third kappa shape index (κ3) is 3.96. The molecule has 1 aromatic carbocycles. The second-order valence-corrected chi connectivity index (χ2v) is 4.77. The molecular weight excluding hydrogens is 252 g/mol. The molecule has 0 saturated heterocycles. The van der Waals surface area contributed by atoms with Gasteiger partial charge in [-0.05, 0) is 49.2 Å². The fourth-order valence-corrected chi connectivity index (χ4v) is 1.97. The standard InChI is InChI=1S/C16H20N2O2/c1-13-7-9-18(16(19)12-13)10-11-20-15-4-2-14(3-5-15)6-8-17/h2-5,7,9,12H,6,8,10-11,17H2,1H3. The monoisotopic (exact) mass is 272 g/mol. The second-order valence-electron chi connectivity index (χ2n) is 4.77. The van der Waals surface area contributed by atoms with Crippen LogP contribution in [0.2, 0.25) is 0 Å². The van der Waals surface area contributed by atoms with Gasteiger partial charge < -0.3 is 15.0 Å². The van der Waals surface area contributed by atoms with Gasteiger partial charge in [0.05, 0.1) is 6.54 Å².